The van der Waals surface area contributed by atoms with Crippen LogP contribution in [0.5, 0.6) is 5.75 Å². The second-order valence-electron chi connectivity index (χ2n) is 6.24. The van der Waals surface area contributed by atoms with Gasteiger partial charge in [-0.2, -0.15) is 0 Å². The van der Waals surface area contributed by atoms with Crippen molar-refractivity contribution in [3.63, 3.8) is 0 Å². The molecule has 4 heteroatoms. The van der Waals surface area contributed by atoms with Crippen LogP contribution in [0.25, 0.3) is 0 Å². The minimum absolute atomic E-state index is 0.174. The number of methoxy groups -OCH3 is 1. The van der Waals surface area contributed by atoms with Crippen LogP contribution in [0.1, 0.15) is 36.5 Å². The van der Waals surface area contributed by atoms with E-state index in [1.54, 1.807) is 7.11 Å². The van der Waals surface area contributed by atoms with Crippen molar-refractivity contribution < 1.29 is 9.53 Å². The Morgan fingerprint density at radius 1 is 1.08 bits per heavy atom. The maximum absolute atomic E-state index is 12.1. The summed E-state index contributed by atoms with van der Waals surface area (Å²) < 4.78 is 5.21. The van der Waals surface area contributed by atoms with E-state index in [0.29, 0.717) is 6.54 Å². The number of aryl methyl sites for hydroxylation is 2. The fraction of sp³-hybridized carbons (Fsp3) is 0.381. The Kier molecular flexibility index (Phi) is 7.33. The summed E-state index contributed by atoms with van der Waals surface area (Å²) in [5, 5.41) is 5.83. The Morgan fingerprint density at radius 3 is 2.60 bits per heavy atom. The second-order valence-corrected chi connectivity index (χ2v) is 6.24. The van der Waals surface area contributed by atoms with Crippen LogP contribution in [0.2, 0.25) is 0 Å². The first-order valence-corrected chi connectivity index (χ1v) is 8.89. The van der Waals surface area contributed by atoms with Gasteiger partial charge in [0, 0.05) is 12.2 Å². The van der Waals surface area contributed by atoms with Gasteiger partial charge in [0.25, 0.3) is 0 Å². The van der Waals surface area contributed by atoms with Gasteiger partial charge in [0.2, 0.25) is 0 Å². The number of nitrogens with one attached hydrogen (secondary N) is 2. The molecule has 0 heterocycles. The summed E-state index contributed by atoms with van der Waals surface area (Å²) in [5.41, 5.74) is 4.41. The van der Waals surface area contributed by atoms with Gasteiger partial charge in [0.15, 0.2) is 0 Å². The standard InChI is InChI=1S/C21H28N2O2/c1-4-5-7-17-10-11-20(16(2)14-17)23-21(24)22-13-12-18-8-6-9-19(15-18)25-3/h6,8-11,14-15H,4-5,7,12-13H2,1-3H3,(H2,22,23,24). The van der Waals surface area contributed by atoms with Gasteiger partial charge >= 0.3 is 6.03 Å². The van der Waals surface area contributed by atoms with Crippen LogP contribution < -0.4 is 15.4 Å². The topological polar surface area (TPSA) is 50.4 Å². The zero-order valence-electron chi connectivity index (χ0n) is 15.4. The van der Waals surface area contributed by atoms with Gasteiger partial charge in [0.05, 0.1) is 7.11 Å². The zero-order chi connectivity index (χ0) is 18.1. The van der Waals surface area contributed by atoms with Gasteiger partial charge < -0.3 is 15.4 Å². The summed E-state index contributed by atoms with van der Waals surface area (Å²) in [5.74, 6) is 0.834. The highest BCUT2D eigenvalue weighted by molar-refractivity contribution is 5.90. The number of rotatable bonds is 8. The highest BCUT2D eigenvalue weighted by Crippen LogP contribution is 2.18. The van der Waals surface area contributed by atoms with E-state index in [9.17, 15) is 4.79 Å². The summed E-state index contributed by atoms with van der Waals surface area (Å²) in [6.07, 6.45) is 4.23. The fourth-order valence-corrected chi connectivity index (χ4v) is 2.72. The van der Waals surface area contributed by atoms with Crippen molar-refractivity contribution in [2.75, 3.05) is 19.0 Å². The summed E-state index contributed by atoms with van der Waals surface area (Å²) in [4.78, 5) is 12.1. The lowest BCUT2D eigenvalue weighted by Crippen LogP contribution is -2.30. The van der Waals surface area contributed by atoms with Gasteiger partial charge in [-0.3, -0.25) is 0 Å². The summed E-state index contributed by atoms with van der Waals surface area (Å²) in [6, 6.07) is 13.9. The first kappa shape index (κ1) is 18.8. The van der Waals surface area contributed by atoms with E-state index in [0.717, 1.165) is 35.4 Å². The van der Waals surface area contributed by atoms with Crippen molar-refractivity contribution in [3.05, 3.63) is 59.2 Å². The Bertz CT molecular complexity index is 698. The Hall–Kier alpha value is -2.49. The lowest BCUT2D eigenvalue weighted by Gasteiger charge is -2.11. The van der Waals surface area contributed by atoms with E-state index >= 15 is 0 Å². The number of carbonyl (C=O) groups is 1. The number of benzene rings is 2. The van der Waals surface area contributed by atoms with Crippen LogP contribution in [-0.4, -0.2) is 19.7 Å². The number of amides is 2. The predicted molar refractivity (Wildman–Crippen MR) is 104 cm³/mol. The monoisotopic (exact) mass is 340 g/mol. The maximum atomic E-state index is 12.1. The quantitative estimate of drug-likeness (QED) is 0.731. The Labute approximate surface area is 150 Å². The molecule has 0 bridgehead atoms. The van der Waals surface area contributed by atoms with E-state index in [1.807, 2.05) is 37.3 Å². The van der Waals surface area contributed by atoms with E-state index in [4.69, 9.17) is 4.74 Å². The fourth-order valence-electron chi connectivity index (χ4n) is 2.72. The largest absolute Gasteiger partial charge is 0.497 e. The molecule has 2 aromatic rings. The second kappa shape index (κ2) is 9.72. The van der Waals surface area contributed by atoms with Crippen LogP contribution in [0.4, 0.5) is 10.5 Å². The molecule has 0 unspecified atom stereocenters. The third-order valence-electron chi connectivity index (χ3n) is 4.19. The van der Waals surface area contributed by atoms with E-state index in [2.05, 4.69) is 29.7 Å². The van der Waals surface area contributed by atoms with Crippen molar-refractivity contribution in [1.29, 1.82) is 0 Å². The van der Waals surface area contributed by atoms with Crippen molar-refractivity contribution in [2.45, 2.75) is 39.5 Å². The molecule has 2 aromatic carbocycles. The van der Waals surface area contributed by atoms with Crippen LogP contribution >= 0.6 is 0 Å². The van der Waals surface area contributed by atoms with Gasteiger partial charge in [-0.25, -0.2) is 4.79 Å². The molecule has 2 N–H and O–H groups in total. The van der Waals surface area contributed by atoms with E-state index < -0.39 is 0 Å². The molecular weight excluding hydrogens is 312 g/mol. The number of anilines is 1. The summed E-state index contributed by atoms with van der Waals surface area (Å²) >= 11 is 0. The molecule has 0 radical (unpaired) electrons. The van der Waals surface area contributed by atoms with Gasteiger partial charge in [-0.1, -0.05) is 37.6 Å². The lowest BCUT2D eigenvalue weighted by atomic mass is 10.0. The number of unbranched alkanes of at least 4 members (excludes halogenated alkanes) is 1. The van der Waals surface area contributed by atoms with E-state index in [1.165, 1.54) is 18.4 Å². The molecule has 2 amide bonds. The minimum atomic E-state index is -0.174. The third-order valence-corrected chi connectivity index (χ3v) is 4.19. The number of ether oxygens (including phenoxy) is 1. The Balaban J connectivity index is 1.81. The van der Waals surface area contributed by atoms with Crippen LogP contribution in [0.3, 0.4) is 0 Å². The average Bonchev–Trinajstić information content (AvgIpc) is 2.62. The molecule has 0 aliphatic heterocycles. The molecule has 0 aliphatic carbocycles. The molecule has 0 saturated carbocycles. The summed E-state index contributed by atoms with van der Waals surface area (Å²) in [6.45, 7) is 4.80. The normalized spacial score (nSPS) is 10.4. The van der Waals surface area contributed by atoms with E-state index in [-0.39, 0.29) is 6.03 Å². The molecule has 0 aromatic heterocycles. The van der Waals surface area contributed by atoms with Crippen molar-refractivity contribution in [2.24, 2.45) is 0 Å². The first-order valence-electron chi connectivity index (χ1n) is 8.89. The number of hydrogen-bond donors (Lipinski definition) is 2. The van der Waals surface area contributed by atoms with Crippen LogP contribution in [0.15, 0.2) is 42.5 Å². The molecule has 0 spiro atoms. The molecule has 0 atom stereocenters. The highest BCUT2D eigenvalue weighted by Gasteiger charge is 2.05. The average molecular weight is 340 g/mol. The van der Waals surface area contributed by atoms with Crippen molar-refractivity contribution >= 4 is 11.7 Å². The predicted octanol–water partition coefficient (Wildman–Crippen LogP) is 4.71. The molecule has 134 valence electrons. The smallest absolute Gasteiger partial charge is 0.319 e. The molecule has 0 saturated heterocycles. The van der Waals surface area contributed by atoms with Crippen LogP contribution in [-0.2, 0) is 12.8 Å². The lowest BCUT2D eigenvalue weighted by molar-refractivity contribution is 0.252. The minimum Gasteiger partial charge on any atom is -0.497 e. The molecule has 25 heavy (non-hydrogen) atoms. The number of urea groups is 1. The first-order chi connectivity index (χ1) is 12.1. The van der Waals surface area contributed by atoms with Gasteiger partial charge in [0.1, 0.15) is 5.75 Å². The molecule has 2 rings (SSSR count). The molecule has 0 fully saturated rings. The van der Waals surface area contributed by atoms with Gasteiger partial charge in [-0.15, -0.1) is 0 Å². The van der Waals surface area contributed by atoms with Crippen molar-refractivity contribution in [1.82, 2.24) is 5.32 Å². The molecular formula is C21H28N2O2. The van der Waals surface area contributed by atoms with Crippen LogP contribution in [0, 0.1) is 6.92 Å². The number of hydrogen-bond acceptors (Lipinski definition) is 2. The number of carbonyl (C=O) groups excluding carboxylic acids is 1. The zero-order valence-corrected chi connectivity index (χ0v) is 15.4. The summed E-state index contributed by atoms with van der Waals surface area (Å²) in [7, 11) is 1.65. The highest BCUT2D eigenvalue weighted by atomic mass is 16.5. The van der Waals surface area contributed by atoms with Gasteiger partial charge in [-0.05, 0) is 61.1 Å². The molecule has 4 nitrogen and oxygen atoms in total. The SMILES string of the molecule is CCCCc1ccc(NC(=O)NCCc2cccc(OC)c2)c(C)c1. The molecule has 0 aliphatic rings. The third kappa shape index (κ3) is 6.14. The van der Waals surface area contributed by atoms with Crippen molar-refractivity contribution in [3.8, 4) is 5.75 Å². The Morgan fingerprint density at radius 2 is 1.88 bits per heavy atom. The maximum Gasteiger partial charge on any atom is 0.319 e.